The van der Waals surface area contributed by atoms with Crippen molar-refractivity contribution in [2.75, 3.05) is 14.2 Å². The number of nitrogens with one attached hydrogen (secondary N) is 1. The summed E-state index contributed by atoms with van der Waals surface area (Å²) in [5.41, 5.74) is 2.71. The third-order valence-electron chi connectivity index (χ3n) is 4.62. The Balaban J connectivity index is 2.22. The monoisotopic (exact) mass is 409 g/mol. The van der Waals surface area contributed by atoms with E-state index < -0.39 is 5.56 Å². The van der Waals surface area contributed by atoms with Crippen molar-refractivity contribution < 1.29 is 19.4 Å². The predicted molar refractivity (Wildman–Crippen MR) is 115 cm³/mol. The Bertz CT molecular complexity index is 1180. The Morgan fingerprint density at radius 3 is 2.40 bits per heavy atom. The molecule has 0 bridgehead atoms. The molecule has 0 aliphatic heterocycles. The standard InChI is InChI=1S/C22H23N3O5/c1-13(2)20(26)24-23-12-17-15-7-5-6-8-16(15)21(27)25(22(17)28)14-9-10-18(29-3)19(11-14)30-4/h5-13,28H,1-4H3,(H,24,26)/b23-12+. The van der Waals surface area contributed by atoms with E-state index in [1.165, 1.54) is 20.4 Å². The zero-order valence-corrected chi connectivity index (χ0v) is 17.2. The highest BCUT2D eigenvalue weighted by Gasteiger charge is 2.18. The van der Waals surface area contributed by atoms with E-state index in [2.05, 4.69) is 10.5 Å². The molecule has 0 saturated carbocycles. The molecule has 8 nitrogen and oxygen atoms in total. The molecule has 8 heteroatoms. The number of aromatic nitrogens is 1. The van der Waals surface area contributed by atoms with Crippen LogP contribution in [0, 0.1) is 5.92 Å². The minimum Gasteiger partial charge on any atom is -0.494 e. The summed E-state index contributed by atoms with van der Waals surface area (Å²) in [6.07, 6.45) is 1.33. The molecule has 0 atom stereocenters. The number of hydrogen-bond acceptors (Lipinski definition) is 6. The third kappa shape index (κ3) is 3.84. The first kappa shape index (κ1) is 20.9. The summed E-state index contributed by atoms with van der Waals surface area (Å²) in [5.74, 6) is 0.0894. The zero-order chi connectivity index (χ0) is 21.8. The molecule has 3 aromatic rings. The van der Waals surface area contributed by atoms with E-state index in [1.807, 2.05) is 0 Å². The maximum absolute atomic E-state index is 13.1. The number of benzene rings is 2. The highest BCUT2D eigenvalue weighted by molar-refractivity contribution is 6.02. The van der Waals surface area contributed by atoms with Gasteiger partial charge in [0, 0.05) is 22.8 Å². The van der Waals surface area contributed by atoms with Gasteiger partial charge in [-0.2, -0.15) is 5.10 Å². The number of fused-ring (bicyclic) bond motifs is 1. The van der Waals surface area contributed by atoms with E-state index in [-0.39, 0.29) is 17.7 Å². The summed E-state index contributed by atoms with van der Waals surface area (Å²) >= 11 is 0. The molecule has 3 rings (SSSR count). The summed E-state index contributed by atoms with van der Waals surface area (Å²) in [5, 5.41) is 15.8. The van der Waals surface area contributed by atoms with Gasteiger partial charge in [0.2, 0.25) is 11.8 Å². The van der Waals surface area contributed by atoms with Crippen LogP contribution in [0.2, 0.25) is 0 Å². The molecule has 0 spiro atoms. The number of nitrogens with zero attached hydrogens (tertiary/aromatic N) is 2. The van der Waals surface area contributed by atoms with Crippen molar-refractivity contribution in [3.05, 3.63) is 58.4 Å². The van der Waals surface area contributed by atoms with Gasteiger partial charge in [0.15, 0.2) is 11.5 Å². The van der Waals surface area contributed by atoms with Crippen molar-refractivity contribution in [3.63, 3.8) is 0 Å². The minimum atomic E-state index is -0.404. The normalized spacial score (nSPS) is 11.2. The molecule has 1 heterocycles. The number of carbonyl (C=O) groups excluding carboxylic acids is 1. The molecule has 30 heavy (non-hydrogen) atoms. The number of methoxy groups -OCH3 is 2. The number of rotatable bonds is 6. The number of carbonyl (C=O) groups is 1. The number of hydrogen-bond donors (Lipinski definition) is 2. The van der Waals surface area contributed by atoms with Gasteiger partial charge in [0.1, 0.15) is 0 Å². The smallest absolute Gasteiger partial charge is 0.265 e. The van der Waals surface area contributed by atoms with Crippen LogP contribution in [0.4, 0.5) is 0 Å². The molecule has 2 aromatic carbocycles. The second-order valence-electron chi connectivity index (χ2n) is 6.85. The van der Waals surface area contributed by atoms with Gasteiger partial charge >= 0.3 is 0 Å². The van der Waals surface area contributed by atoms with E-state index in [9.17, 15) is 14.7 Å². The second kappa shape index (κ2) is 8.69. The summed E-state index contributed by atoms with van der Waals surface area (Å²) in [7, 11) is 3.00. The van der Waals surface area contributed by atoms with Crippen LogP contribution < -0.4 is 20.5 Å². The average molecular weight is 409 g/mol. The first-order valence-electron chi connectivity index (χ1n) is 9.31. The van der Waals surface area contributed by atoms with Crippen molar-refractivity contribution >= 4 is 22.9 Å². The van der Waals surface area contributed by atoms with Crippen LogP contribution in [0.25, 0.3) is 16.5 Å². The molecule has 156 valence electrons. The molecule has 2 N–H and O–H groups in total. The number of pyridine rings is 1. The number of ether oxygens (including phenoxy) is 2. The summed E-state index contributed by atoms with van der Waals surface area (Å²) in [6, 6.07) is 11.7. The van der Waals surface area contributed by atoms with E-state index in [0.717, 1.165) is 4.57 Å². The van der Waals surface area contributed by atoms with Crippen molar-refractivity contribution in [1.29, 1.82) is 0 Å². The van der Waals surface area contributed by atoms with Gasteiger partial charge in [0.25, 0.3) is 5.56 Å². The van der Waals surface area contributed by atoms with Crippen molar-refractivity contribution in [1.82, 2.24) is 9.99 Å². The van der Waals surface area contributed by atoms with Gasteiger partial charge < -0.3 is 14.6 Å². The largest absolute Gasteiger partial charge is 0.494 e. The zero-order valence-electron chi connectivity index (χ0n) is 17.2. The van der Waals surface area contributed by atoms with Crippen LogP contribution in [0.15, 0.2) is 52.4 Å². The number of amides is 1. The Morgan fingerprint density at radius 2 is 1.77 bits per heavy atom. The third-order valence-corrected chi connectivity index (χ3v) is 4.62. The lowest BCUT2D eigenvalue weighted by Gasteiger charge is -2.15. The highest BCUT2D eigenvalue weighted by Crippen LogP contribution is 2.32. The first-order valence-corrected chi connectivity index (χ1v) is 9.31. The van der Waals surface area contributed by atoms with Crippen LogP contribution in [0.5, 0.6) is 17.4 Å². The molecule has 0 aliphatic rings. The second-order valence-corrected chi connectivity index (χ2v) is 6.85. The average Bonchev–Trinajstić information content (AvgIpc) is 2.75. The molecule has 1 amide bonds. The fraction of sp³-hybridized carbons (Fsp3) is 0.227. The fourth-order valence-electron chi connectivity index (χ4n) is 2.98. The molecular weight excluding hydrogens is 386 g/mol. The van der Waals surface area contributed by atoms with Gasteiger partial charge in [-0.25, -0.2) is 9.99 Å². The van der Waals surface area contributed by atoms with E-state index in [4.69, 9.17) is 9.47 Å². The van der Waals surface area contributed by atoms with E-state index in [1.54, 1.807) is 56.3 Å². The Kier molecular flexibility index (Phi) is 6.06. The molecule has 0 aliphatic carbocycles. The van der Waals surface area contributed by atoms with Gasteiger partial charge in [-0.05, 0) is 18.2 Å². The first-order chi connectivity index (χ1) is 14.4. The van der Waals surface area contributed by atoms with Gasteiger partial charge in [-0.3, -0.25) is 9.59 Å². The van der Waals surface area contributed by atoms with E-state index >= 15 is 0 Å². The molecule has 0 fully saturated rings. The predicted octanol–water partition coefficient (Wildman–Crippen LogP) is 2.82. The van der Waals surface area contributed by atoms with E-state index in [0.29, 0.717) is 33.5 Å². The Morgan fingerprint density at radius 1 is 1.10 bits per heavy atom. The quantitative estimate of drug-likeness (QED) is 0.481. The molecule has 1 aromatic heterocycles. The topological polar surface area (TPSA) is 102 Å². The summed E-state index contributed by atoms with van der Waals surface area (Å²) in [6.45, 7) is 3.49. The Hall–Kier alpha value is -3.81. The fourth-order valence-corrected chi connectivity index (χ4v) is 2.98. The van der Waals surface area contributed by atoms with Gasteiger partial charge in [0.05, 0.1) is 31.7 Å². The lowest BCUT2D eigenvalue weighted by molar-refractivity contribution is -0.123. The van der Waals surface area contributed by atoms with Crippen molar-refractivity contribution in [2.45, 2.75) is 13.8 Å². The van der Waals surface area contributed by atoms with Gasteiger partial charge in [-0.15, -0.1) is 0 Å². The van der Waals surface area contributed by atoms with Crippen LogP contribution in [0.3, 0.4) is 0 Å². The number of hydrazone groups is 1. The van der Waals surface area contributed by atoms with Gasteiger partial charge in [-0.1, -0.05) is 32.0 Å². The molecule has 0 saturated heterocycles. The maximum Gasteiger partial charge on any atom is 0.265 e. The molecule has 0 unspecified atom stereocenters. The summed E-state index contributed by atoms with van der Waals surface area (Å²) < 4.78 is 11.7. The lowest BCUT2D eigenvalue weighted by Crippen LogP contribution is -2.23. The minimum absolute atomic E-state index is 0.242. The van der Waals surface area contributed by atoms with Crippen LogP contribution in [-0.2, 0) is 4.79 Å². The number of aromatic hydroxyl groups is 1. The van der Waals surface area contributed by atoms with Crippen molar-refractivity contribution in [2.24, 2.45) is 11.0 Å². The highest BCUT2D eigenvalue weighted by atomic mass is 16.5. The SMILES string of the molecule is COc1ccc(-n2c(O)c(/C=N/NC(=O)C(C)C)c3ccccc3c2=O)cc1OC. The van der Waals surface area contributed by atoms with Crippen LogP contribution in [0.1, 0.15) is 19.4 Å². The lowest BCUT2D eigenvalue weighted by atomic mass is 10.1. The maximum atomic E-state index is 13.1. The van der Waals surface area contributed by atoms with Crippen LogP contribution in [-0.4, -0.2) is 36.0 Å². The molecular formula is C22H23N3O5. The summed E-state index contributed by atoms with van der Waals surface area (Å²) in [4.78, 5) is 24.9. The van der Waals surface area contributed by atoms with Crippen LogP contribution >= 0.6 is 0 Å². The molecule has 0 radical (unpaired) electrons. The Labute approximate surface area is 173 Å². The van der Waals surface area contributed by atoms with Crippen molar-refractivity contribution in [3.8, 4) is 23.1 Å².